The van der Waals surface area contributed by atoms with Crippen LogP contribution in [0.15, 0.2) is 0 Å². The smallest absolute Gasteiger partial charge is 0.0701 e. The molecule has 0 amide bonds. The van der Waals surface area contributed by atoms with Crippen molar-refractivity contribution in [3.05, 3.63) is 0 Å². The predicted molar refractivity (Wildman–Crippen MR) is 72.5 cm³/mol. The molecule has 4 nitrogen and oxygen atoms in total. The highest BCUT2D eigenvalue weighted by atomic mass is 16.5. The van der Waals surface area contributed by atoms with Crippen LogP contribution in [0.3, 0.4) is 0 Å². The minimum absolute atomic E-state index is 0.692. The molecule has 0 aromatic heterocycles. The summed E-state index contributed by atoms with van der Waals surface area (Å²) in [5, 5.41) is 3.04. The van der Waals surface area contributed by atoms with Gasteiger partial charge in [0.15, 0.2) is 0 Å². The Hall–Kier alpha value is -0.160. The molecule has 0 bridgehead atoms. The summed E-state index contributed by atoms with van der Waals surface area (Å²) in [4.78, 5) is 2.42. The molecule has 0 aliphatic rings. The molecular weight excluding hydrogens is 216 g/mol. The maximum Gasteiger partial charge on any atom is 0.0701 e. The topological polar surface area (TPSA) is 33.7 Å². The molecule has 0 saturated heterocycles. The summed E-state index contributed by atoms with van der Waals surface area (Å²) in [5.41, 5.74) is 0. The number of rotatable bonds is 12. The third-order valence-corrected chi connectivity index (χ3v) is 2.49. The first-order valence-corrected chi connectivity index (χ1v) is 6.73. The molecule has 0 saturated carbocycles. The molecule has 0 spiro atoms. The molecule has 0 radical (unpaired) electrons. The second kappa shape index (κ2) is 12.3. The van der Waals surface area contributed by atoms with Crippen LogP contribution >= 0.6 is 0 Å². The summed E-state index contributed by atoms with van der Waals surface area (Å²) in [6, 6.07) is 0. The van der Waals surface area contributed by atoms with Crippen LogP contribution < -0.4 is 5.32 Å². The lowest BCUT2D eigenvalue weighted by Crippen LogP contribution is -2.31. The van der Waals surface area contributed by atoms with Crippen LogP contribution in [-0.4, -0.2) is 64.6 Å². The Kier molecular flexibility index (Phi) is 12.2. The molecule has 0 aliphatic heterocycles. The Morgan fingerprint density at radius 2 is 1.71 bits per heavy atom. The second-order valence-corrected chi connectivity index (χ2v) is 4.62. The molecule has 0 fully saturated rings. The van der Waals surface area contributed by atoms with E-state index in [0.29, 0.717) is 13.2 Å². The van der Waals surface area contributed by atoms with Crippen molar-refractivity contribution >= 4 is 0 Å². The van der Waals surface area contributed by atoms with Gasteiger partial charge in [-0.25, -0.2) is 0 Å². The highest BCUT2D eigenvalue weighted by molar-refractivity contribution is 4.57. The summed E-state index contributed by atoms with van der Waals surface area (Å²) in [5.74, 6) is 0.722. The van der Waals surface area contributed by atoms with E-state index in [9.17, 15) is 0 Å². The first-order valence-electron chi connectivity index (χ1n) is 6.73. The van der Waals surface area contributed by atoms with Crippen molar-refractivity contribution in [2.75, 3.05) is 59.7 Å². The van der Waals surface area contributed by atoms with Crippen LogP contribution in [0.25, 0.3) is 0 Å². The first-order chi connectivity index (χ1) is 8.20. The Morgan fingerprint density at radius 1 is 1.06 bits per heavy atom. The fourth-order valence-corrected chi connectivity index (χ4v) is 1.58. The number of ether oxygens (including phenoxy) is 2. The lowest BCUT2D eigenvalue weighted by atomic mass is 10.2. The van der Waals surface area contributed by atoms with E-state index in [2.05, 4.69) is 31.0 Å². The standard InChI is InChI=1S/C13H30N2O2/c1-5-15(12-13(2)3)7-9-17-11-10-16-8-6-14-4/h13-14H,5-12H2,1-4H3. The molecule has 0 aliphatic carbocycles. The van der Waals surface area contributed by atoms with Crippen LogP contribution in [-0.2, 0) is 9.47 Å². The maximum atomic E-state index is 5.54. The van der Waals surface area contributed by atoms with Gasteiger partial charge >= 0.3 is 0 Å². The predicted octanol–water partition coefficient (Wildman–Crippen LogP) is 1.22. The van der Waals surface area contributed by atoms with Crippen molar-refractivity contribution < 1.29 is 9.47 Å². The number of nitrogens with zero attached hydrogens (tertiary/aromatic N) is 1. The monoisotopic (exact) mass is 246 g/mol. The zero-order valence-corrected chi connectivity index (χ0v) is 12.0. The Bertz CT molecular complexity index is 154. The first kappa shape index (κ1) is 16.8. The second-order valence-electron chi connectivity index (χ2n) is 4.62. The summed E-state index contributed by atoms with van der Waals surface area (Å²) in [6.45, 7) is 13.8. The average molecular weight is 246 g/mol. The van der Waals surface area contributed by atoms with Crippen molar-refractivity contribution in [3.63, 3.8) is 0 Å². The Morgan fingerprint density at radius 3 is 2.24 bits per heavy atom. The van der Waals surface area contributed by atoms with Gasteiger partial charge in [0.1, 0.15) is 0 Å². The molecule has 0 heterocycles. The van der Waals surface area contributed by atoms with Gasteiger partial charge in [0, 0.05) is 19.6 Å². The number of likely N-dealkylation sites (N-methyl/N-ethyl adjacent to an activating group) is 2. The zero-order chi connectivity index (χ0) is 12.9. The molecule has 0 aromatic carbocycles. The molecule has 1 N–H and O–H groups in total. The normalized spacial score (nSPS) is 11.6. The molecular formula is C13H30N2O2. The van der Waals surface area contributed by atoms with Crippen LogP contribution in [0.4, 0.5) is 0 Å². The van der Waals surface area contributed by atoms with Gasteiger partial charge in [-0.15, -0.1) is 0 Å². The van der Waals surface area contributed by atoms with E-state index in [0.717, 1.165) is 45.3 Å². The van der Waals surface area contributed by atoms with Gasteiger partial charge in [0.05, 0.1) is 26.4 Å². The molecule has 0 aromatic rings. The molecule has 0 atom stereocenters. The van der Waals surface area contributed by atoms with E-state index in [-0.39, 0.29) is 0 Å². The number of hydrogen-bond donors (Lipinski definition) is 1. The summed E-state index contributed by atoms with van der Waals surface area (Å²) < 4.78 is 10.9. The van der Waals surface area contributed by atoms with E-state index >= 15 is 0 Å². The fourth-order valence-electron chi connectivity index (χ4n) is 1.58. The lowest BCUT2D eigenvalue weighted by molar-refractivity contribution is 0.0393. The van der Waals surface area contributed by atoms with E-state index in [1.165, 1.54) is 0 Å². The SMILES string of the molecule is CCN(CCOCCOCCNC)CC(C)C. The minimum atomic E-state index is 0.692. The molecule has 0 rings (SSSR count). The van der Waals surface area contributed by atoms with Crippen molar-refractivity contribution in [3.8, 4) is 0 Å². The maximum absolute atomic E-state index is 5.54. The summed E-state index contributed by atoms with van der Waals surface area (Å²) in [7, 11) is 1.92. The largest absolute Gasteiger partial charge is 0.378 e. The molecule has 4 heteroatoms. The van der Waals surface area contributed by atoms with Gasteiger partial charge in [-0.2, -0.15) is 0 Å². The van der Waals surface area contributed by atoms with E-state index < -0.39 is 0 Å². The van der Waals surface area contributed by atoms with Gasteiger partial charge in [-0.05, 0) is 19.5 Å². The minimum Gasteiger partial charge on any atom is -0.378 e. The molecule has 104 valence electrons. The number of nitrogens with one attached hydrogen (secondary N) is 1. The van der Waals surface area contributed by atoms with E-state index in [1.807, 2.05) is 7.05 Å². The average Bonchev–Trinajstić information content (AvgIpc) is 2.30. The van der Waals surface area contributed by atoms with E-state index in [1.54, 1.807) is 0 Å². The van der Waals surface area contributed by atoms with Crippen molar-refractivity contribution in [2.45, 2.75) is 20.8 Å². The molecule has 17 heavy (non-hydrogen) atoms. The van der Waals surface area contributed by atoms with Crippen LogP contribution in [0.1, 0.15) is 20.8 Å². The van der Waals surface area contributed by atoms with Crippen molar-refractivity contribution in [1.82, 2.24) is 10.2 Å². The Balaban J connectivity index is 3.25. The summed E-state index contributed by atoms with van der Waals surface area (Å²) in [6.07, 6.45) is 0. The third-order valence-electron chi connectivity index (χ3n) is 2.49. The zero-order valence-electron chi connectivity index (χ0n) is 12.0. The van der Waals surface area contributed by atoms with Gasteiger partial charge in [0.2, 0.25) is 0 Å². The summed E-state index contributed by atoms with van der Waals surface area (Å²) >= 11 is 0. The number of hydrogen-bond acceptors (Lipinski definition) is 4. The van der Waals surface area contributed by atoms with E-state index in [4.69, 9.17) is 9.47 Å². The van der Waals surface area contributed by atoms with Gasteiger partial charge in [0.25, 0.3) is 0 Å². The van der Waals surface area contributed by atoms with Gasteiger partial charge in [-0.3, -0.25) is 0 Å². The van der Waals surface area contributed by atoms with Crippen molar-refractivity contribution in [1.29, 1.82) is 0 Å². The Labute approximate surface area is 107 Å². The van der Waals surface area contributed by atoms with Gasteiger partial charge < -0.3 is 19.7 Å². The van der Waals surface area contributed by atoms with Crippen LogP contribution in [0, 0.1) is 5.92 Å². The van der Waals surface area contributed by atoms with Crippen LogP contribution in [0.5, 0.6) is 0 Å². The lowest BCUT2D eigenvalue weighted by Gasteiger charge is -2.22. The highest BCUT2D eigenvalue weighted by Gasteiger charge is 2.04. The van der Waals surface area contributed by atoms with Gasteiger partial charge in [-0.1, -0.05) is 20.8 Å². The highest BCUT2D eigenvalue weighted by Crippen LogP contribution is 1.97. The van der Waals surface area contributed by atoms with Crippen LogP contribution in [0.2, 0.25) is 0 Å². The fraction of sp³-hybridized carbons (Fsp3) is 1.00. The third kappa shape index (κ3) is 12.1. The molecule has 0 unspecified atom stereocenters. The van der Waals surface area contributed by atoms with Crippen molar-refractivity contribution in [2.24, 2.45) is 5.92 Å². The quantitative estimate of drug-likeness (QED) is 0.525.